The van der Waals surface area contributed by atoms with Crippen LogP contribution in [0.1, 0.15) is 18.1 Å². The molecule has 27 heavy (non-hydrogen) atoms. The van der Waals surface area contributed by atoms with E-state index in [9.17, 15) is 14.4 Å². The molecule has 2 aromatic carbocycles. The van der Waals surface area contributed by atoms with Crippen molar-refractivity contribution in [3.63, 3.8) is 0 Å². The van der Waals surface area contributed by atoms with Gasteiger partial charge >= 0.3 is 6.03 Å². The Morgan fingerprint density at radius 3 is 2.56 bits per heavy atom. The molecule has 2 heterocycles. The lowest BCUT2D eigenvalue weighted by Crippen LogP contribution is -2.48. The molecule has 1 aliphatic rings. The van der Waals surface area contributed by atoms with Crippen LogP contribution in [0.25, 0.3) is 10.9 Å². The van der Waals surface area contributed by atoms with E-state index < -0.39 is 23.4 Å². The number of benzene rings is 2. The Morgan fingerprint density at radius 2 is 1.78 bits per heavy atom. The fourth-order valence-electron chi connectivity index (χ4n) is 3.32. The molecule has 136 valence electrons. The van der Waals surface area contributed by atoms with Crippen LogP contribution in [-0.2, 0) is 21.5 Å². The van der Waals surface area contributed by atoms with Crippen molar-refractivity contribution in [1.29, 1.82) is 0 Å². The number of hydrogen-bond donors (Lipinski definition) is 3. The summed E-state index contributed by atoms with van der Waals surface area (Å²) in [5.41, 5.74) is 3.57. The number of aromatic amines is 1. The van der Waals surface area contributed by atoms with Crippen molar-refractivity contribution < 1.29 is 14.4 Å². The van der Waals surface area contributed by atoms with Crippen LogP contribution in [0, 0.1) is 0 Å². The van der Waals surface area contributed by atoms with E-state index in [-0.39, 0.29) is 6.42 Å². The standard InChI is InChI=1S/C20H18N4O3/c1-20(14-7-3-2-4-8-14)18(26)24(19(27)22-20)23-17(25)11-13-12-21-16-10-6-5-9-15(13)16/h2-10,12,21H,11H2,1H3,(H,22,27)(H,23,25). The largest absolute Gasteiger partial charge is 0.361 e. The van der Waals surface area contributed by atoms with E-state index in [1.165, 1.54) is 0 Å². The zero-order chi connectivity index (χ0) is 19.0. The van der Waals surface area contributed by atoms with E-state index in [2.05, 4.69) is 15.7 Å². The highest BCUT2D eigenvalue weighted by molar-refractivity contribution is 6.08. The first-order valence-corrected chi connectivity index (χ1v) is 8.56. The number of urea groups is 1. The van der Waals surface area contributed by atoms with E-state index in [4.69, 9.17) is 0 Å². The highest BCUT2D eigenvalue weighted by atomic mass is 16.2. The number of carbonyl (C=O) groups is 3. The molecule has 4 rings (SSSR count). The van der Waals surface area contributed by atoms with Crippen LogP contribution in [0.3, 0.4) is 0 Å². The average molecular weight is 362 g/mol. The van der Waals surface area contributed by atoms with Crippen LogP contribution in [0.2, 0.25) is 0 Å². The Hall–Kier alpha value is -3.61. The van der Waals surface area contributed by atoms with Crippen LogP contribution in [-0.4, -0.2) is 27.8 Å². The summed E-state index contributed by atoms with van der Waals surface area (Å²) >= 11 is 0. The van der Waals surface area contributed by atoms with E-state index in [1.807, 2.05) is 30.3 Å². The third-order valence-corrected chi connectivity index (χ3v) is 4.80. The van der Waals surface area contributed by atoms with Gasteiger partial charge in [0.1, 0.15) is 5.54 Å². The van der Waals surface area contributed by atoms with Crippen molar-refractivity contribution in [2.24, 2.45) is 0 Å². The number of rotatable bonds is 4. The molecule has 3 N–H and O–H groups in total. The first-order valence-electron chi connectivity index (χ1n) is 8.56. The predicted molar refractivity (Wildman–Crippen MR) is 99.3 cm³/mol. The third kappa shape index (κ3) is 2.83. The first-order chi connectivity index (χ1) is 13.0. The van der Waals surface area contributed by atoms with Crippen molar-refractivity contribution >= 4 is 28.7 Å². The van der Waals surface area contributed by atoms with Crippen LogP contribution in [0.4, 0.5) is 4.79 Å². The SMILES string of the molecule is CC1(c2ccccc2)NC(=O)N(NC(=O)Cc2c[nH]c3ccccc23)C1=O. The maximum atomic E-state index is 12.8. The molecule has 1 unspecified atom stereocenters. The van der Waals surface area contributed by atoms with E-state index >= 15 is 0 Å². The molecule has 0 spiro atoms. The summed E-state index contributed by atoms with van der Waals surface area (Å²) in [6.07, 6.45) is 1.80. The zero-order valence-corrected chi connectivity index (χ0v) is 14.7. The minimum absolute atomic E-state index is 0.0448. The smallest absolute Gasteiger partial charge is 0.344 e. The van der Waals surface area contributed by atoms with Crippen molar-refractivity contribution in [2.45, 2.75) is 18.9 Å². The molecule has 1 saturated heterocycles. The molecule has 1 atom stereocenters. The van der Waals surface area contributed by atoms with Crippen LogP contribution < -0.4 is 10.7 Å². The minimum atomic E-state index is -1.22. The Kier molecular flexibility index (Phi) is 3.92. The van der Waals surface area contributed by atoms with Gasteiger partial charge in [-0.2, -0.15) is 5.01 Å². The quantitative estimate of drug-likeness (QED) is 0.621. The molecule has 1 fully saturated rings. The van der Waals surface area contributed by atoms with Gasteiger partial charge in [-0.15, -0.1) is 0 Å². The maximum absolute atomic E-state index is 12.8. The van der Waals surface area contributed by atoms with E-state index in [0.29, 0.717) is 5.56 Å². The van der Waals surface area contributed by atoms with Gasteiger partial charge in [0.15, 0.2) is 0 Å². The molecule has 7 heteroatoms. The van der Waals surface area contributed by atoms with Crippen molar-refractivity contribution in [3.8, 4) is 0 Å². The summed E-state index contributed by atoms with van der Waals surface area (Å²) < 4.78 is 0. The number of hydrogen-bond acceptors (Lipinski definition) is 3. The fourth-order valence-corrected chi connectivity index (χ4v) is 3.32. The lowest BCUT2D eigenvalue weighted by molar-refractivity contribution is -0.138. The third-order valence-electron chi connectivity index (χ3n) is 4.80. The fraction of sp³-hybridized carbons (Fsp3) is 0.150. The molecule has 0 radical (unpaired) electrons. The second kappa shape index (κ2) is 6.28. The lowest BCUT2D eigenvalue weighted by Gasteiger charge is -2.22. The van der Waals surface area contributed by atoms with Gasteiger partial charge in [0, 0.05) is 17.1 Å². The van der Waals surface area contributed by atoms with Gasteiger partial charge in [-0.3, -0.25) is 15.0 Å². The van der Waals surface area contributed by atoms with Crippen molar-refractivity contribution in [1.82, 2.24) is 20.7 Å². The highest BCUT2D eigenvalue weighted by Gasteiger charge is 2.49. The topological polar surface area (TPSA) is 94.3 Å². The molecular weight excluding hydrogens is 344 g/mol. The Labute approximate surface area is 155 Å². The number of nitrogens with one attached hydrogen (secondary N) is 3. The summed E-state index contributed by atoms with van der Waals surface area (Å²) in [6.45, 7) is 1.62. The number of aromatic nitrogens is 1. The molecule has 3 aromatic rings. The number of para-hydroxylation sites is 1. The van der Waals surface area contributed by atoms with Gasteiger partial charge < -0.3 is 10.3 Å². The second-order valence-electron chi connectivity index (χ2n) is 6.63. The summed E-state index contributed by atoms with van der Waals surface area (Å²) in [5.74, 6) is -0.966. The zero-order valence-electron chi connectivity index (χ0n) is 14.7. The van der Waals surface area contributed by atoms with Gasteiger partial charge in [0.25, 0.3) is 5.91 Å². The number of hydrazine groups is 1. The number of nitrogens with zero attached hydrogens (tertiary/aromatic N) is 1. The average Bonchev–Trinajstić information content (AvgIpc) is 3.17. The number of amides is 4. The van der Waals surface area contributed by atoms with Crippen LogP contribution in [0.15, 0.2) is 60.8 Å². The van der Waals surface area contributed by atoms with E-state index in [0.717, 1.165) is 21.5 Å². The van der Waals surface area contributed by atoms with Gasteiger partial charge in [0.2, 0.25) is 5.91 Å². The van der Waals surface area contributed by atoms with Crippen LogP contribution >= 0.6 is 0 Å². The summed E-state index contributed by atoms with van der Waals surface area (Å²) in [6, 6.07) is 15.9. The molecule has 0 aliphatic carbocycles. The second-order valence-corrected chi connectivity index (χ2v) is 6.63. The molecule has 1 aliphatic heterocycles. The molecule has 0 saturated carbocycles. The monoisotopic (exact) mass is 362 g/mol. The van der Waals surface area contributed by atoms with Gasteiger partial charge in [-0.25, -0.2) is 4.79 Å². The molecule has 4 amide bonds. The number of H-pyrrole nitrogens is 1. The van der Waals surface area contributed by atoms with Crippen molar-refractivity contribution in [3.05, 3.63) is 71.9 Å². The minimum Gasteiger partial charge on any atom is -0.361 e. The van der Waals surface area contributed by atoms with Gasteiger partial charge in [-0.05, 0) is 24.1 Å². The predicted octanol–water partition coefficient (Wildman–Crippen LogP) is 2.21. The van der Waals surface area contributed by atoms with Gasteiger partial charge in [-0.1, -0.05) is 48.5 Å². The molecule has 7 nitrogen and oxygen atoms in total. The van der Waals surface area contributed by atoms with Gasteiger partial charge in [0.05, 0.1) is 6.42 Å². The molecule has 0 bridgehead atoms. The summed E-state index contributed by atoms with van der Waals surface area (Å²) in [7, 11) is 0. The van der Waals surface area contributed by atoms with E-state index in [1.54, 1.807) is 37.4 Å². The first kappa shape index (κ1) is 16.8. The Morgan fingerprint density at radius 1 is 1.07 bits per heavy atom. The normalized spacial score (nSPS) is 19.4. The van der Waals surface area contributed by atoms with Crippen LogP contribution in [0.5, 0.6) is 0 Å². The maximum Gasteiger partial charge on any atom is 0.344 e. The number of imide groups is 1. The summed E-state index contributed by atoms with van der Waals surface area (Å²) in [4.78, 5) is 40.7. The highest BCUT2D eigenvalue weighted by Crippen LogP contribution is 2.27. The molecular formula is C20H18N4O3. The molecule has 1 aromatic heterocycles. The number of fused-ring (bicyclic) bond motifs is 1. The van der Waals surface area contributed by atoms with Crippen molar-refractivity contribution in [2.75, 3.05) is 0 Å². The summed E-state index contributed by atoms with van der Waals surface area (Å²) in [5, 5.41) is 4.34. The Balaban J connectivity index is 1.51. The Bertz CT molecular complexity index is 1040. The number of carbonyl (C=O) groups excluding carboxylic acids is 3. The lowest BCUT2D eigenvalue weighted by atomic mass is 9.92.